The lowest BCUT2D eigenvalue weighted by atomic mass is 10.1. The second-order valence-electron chi connectivity index (χ2n) is 7.34. The third-order valence-corrected chi connectivity index (χ3v) is 7.02. The first kappa shape index (κ1) is 18.9. The van der Waals surface area contributed by atoms with E-state index in [1.165, 1.54) is 0 Å². The summed E-state index contributed by atoms with van der Waals surface area (Å²) >= 11 is 0. The van der Waals surface area contributed by atoms with Crippen LogP contribution in [0.15, 0.2) is 24.3 Å². The second kappa shape index (κ2) is 7.39. The van der Waals surface area contributed by atoms with E-state index in [2.05, 4.69) is 5.32 Å². The van der Waals surface area contributed by atoms with Crippen molar-refractivity contribution >= 4 is 21.7 Å². The molecule has 2 aliphatic rings. The van der Waals surface area contributed by atoms with E-state index in [9.17, 15) is 18.0 Å². The monoisotopic (exact) mass is 378 g/mol. The van der Waals surface area contributed by atoms with Gasteiger partial charge in [0, 0.05) is 19.1 Å². The van der Waals surface area contributed by atoms with Gasteiger partial charge in [0.05, 0.1) is 23.3 Å². The number of benzene rings is 1. The van der Waals surface area contributed by atoms with Crippen molar-refractivity contribution in [1.82, 2.24) is 10.2 Å². The Kier molecular flexibility index (Phi) is 5.37. The van der Waals surface area contributed by atoms with Crippen molar-refractivity contribution in [3.63, 3.8) is 0 Å². The number of carbonyl (C=O) groups is 2. The van der Waals surface area contributed by atoms with Crippen molar-refractivity contribution in [3.8, 4) is 0 Å². The minimum absolute atomic E-state index is 0.0452. The molecule has 3 rings (SSSR count). The third kappa shape index (κ3) is 4.26. The molecule has 0 aromatic heterocycles. The average molecular weight is 378 g/mol. The van der Waals surface area contributed by atoms with Crippen LogP contribution in [0.3, 0.4) is 0 Å². The van der Waals surface area contributed by atoms with E-state index >= 15 is 0 Å². The van der Waals surface area contributed by atoms with Crippen LogP contribution in [0.1, 0.15) is 30.9 Å². The Hall–Kier alpha value is -1.89. The summed E-state index contributed by atoms with van der Waals surface area (Å²) in [6, 6.07) is 7.70. The standard InChI is InChI=1S/C19H26N2O4S/c1-3-21(15-7-8-26(24,25)12-15)19(23)17-10-16(17)18(22)20-11-14-6-4-5-13(2)9-14/h4-6,9,15-17H,3,7-8,10-12H2,1-2H3,(H,20,22). The molecule has 1 aliphatic heterocycles. The lowest BCUT2D eigenvalue weighted by molar-refractivity contribution is -0.136. The van der Waals surface area contributed by atoms with Gasteiger partial charge < -0.3 is 10.2 Å². The first-order valence-electron chi connectivity index (χ1n) is 9.15. The third-order valence-electron chi connectivity index (χ3n) is 5.27. The Morgan fingerprint density at radius 2 is 2.04 bits per heavy atom. The second-order valence-corrected chi connectivity index (χ2v) is 9.57. The van der Waals surface area contributed by atoms with Crippen LogP contribution in [0, 0.1) is 18.8 Å². The number of nitrogens with zero attached hydrogens (tertiary/aromatic N) is 1. The van der Waals surface area contributed by atoms with Crippen LogP contribution in [0.4, 0.5) is 0 Å². The van der Waals surface area contributed by atoms with E-state index in [0.29, 0.717) is 25.9 Å². The van der Waals surface area contributed by atoms with E-state index in [1.807, 2.05) is 38.1 Å². The molecule has 1 aromatic rings. The largest absolute Gasteiger partial charge is 0.352 e. The van der Waals surface area contributed by atoms with Gasteiger partial charge in [0.25, 0.3) is 0 Å². The van der Waals surface area contributed by atoms with Crippen LogP contribution in [0.25, 0.3) is 0 Å². The molecule has 142 valence electrons. The molecule has 2 fully saturated rings. The molecule has 0 bridgehead atoms. The van der Waals surface area contributed by atoms with E-state index < -0.39 is 9.84 Å². The Morgan fingerprint density at radius 3 is 2.65 bits per heavy atom. The summed E-state index contributed by atoms with van der Waals surface area (Å²) in [4.78, 5) is 26.7. The highest BCUT2D eigenvalue weighted by atomic mass is 32.2. The van der Waals surface area contributed by atoms with Gasteiger partial charge in [-0.3, -0.25) is 9.59 Å². The Morgan fingerprint density at radius 1 is 1.27 bits per heavy atom. The molecule has 1 aliphatic carbocycles. The normalized spacial score (nSPS) is 26.3. The van der Waals surface area contributed by atoms with Crippen molar-refractivity contribution < 1.29 is 18.0 Å². The van der Waals surface area contributed by atoms with Gasteiger partial charge in [-0.25, -0.2) is 8.42 Å². The Labute approximate surface area is 154 Å². The summed E-state index contributed by atoms with van der Waals surface area (Å²) in [6.45, 7) is 4.80. The highest BCUT2D eigenvalue weighted by Gasteiger charge is 2.50. The number of amides is 2. The number of carbonyl (C=O) groups excluding carboxylic acids is 2. The number of rotatable bonds is 6. The minimum Gasteiger partial charge on any atom is -0.352 e. The maximum Gasteiger partial charge on any atom is 0.226 e. The summed E-state index contributed by atoms with van der Waals surface area (Å²) < 4.78 is 23.4. The molecule has 0 spiro atoms. The van der Waals surface area contributed by atoms with Crippen molar-refractivity contribution in [1.29, 1.82) is 0 Å². The summed E-state index contributed by atoms with van der Waals surface area (Å²) in [5.41, 5.74) is 2.18. The number of hydrogen-bond donors (Lipinski definition) is 1. The molecule has 26 heavy (non-hydrogen) atoms. The van der Waals surface area contributed by atoms with Gasteiger partial charge in [0.1, 0.15) is 0 Å². The summed E-state index contributed by atoms with van der Waals surface area (Å²) in [7, 11) is -3.04. The number of hydrogen-bond acceptors (Lipinski definition) is 4. The maximum absolute atomic E-state index is 12.7. The number of aryl methyl sites for hydroxylation is 1. The Bertz CT molecular complexity index is 806. The fourth-order valence-electron chi connectivity index (χ4n) is 3.73. The average Bonchev–Trinajstić information content (AvgIpc) is 3.31. The van der Waals surface area contributed by atoms with Crippen molar-refractivity contribution in [2.24, 2.45) is 11.8 Å². The van der Waals surface area contributed by atoms with Gasteiger partial charge in [-0.2, -0.15) is 0 Å². The molecule has 7 heteroatoms. The smallest absolute Gasteiger partial charge is 0.226 e. The lowest BCUT2D eigenvalue weighted by Crippen LogP contribution is -2.42. The summed E-state index contributed by atoms with van der Waals surface area (Å²) in [5.74, 6) is -0.587. The fourth-order valence-corrected chi connectivity index (χ4v) is 5.46. The zero-order valence-corrected chi connectivity index (χ0v) is 16.1. The predicted molar refractivity (Wildman–Crippen MR) is 99.1 cm³/mol. The highest BCUT2D eigenvalue weighted by Crippen LogP contribution is 2.41. The van der Waals surface area contributed by atoms with Gasteiger partial charge in [-0.05, 0) is 32.3 Å². The highest BCUT2D eigenvalue weighted by molar-refractivity contribution is 7.91. The molecule has 0 radical (unpaired) electrons. The summed E-state index contributed by atoms with van der Waals surface area (Å²) in [5, 5.41) is 2.91. The van der Waals surface area contributed by atoms with Crippen LogP contribution in [-0.4, -0.2) is 49.2 Å². The van der Waals surface area contributed by atoms with Gasteiger partial charge in [-0.15, -0.1) is 0 Å². The maximum atomic E-state index is 12.7. The van der Waals surface area contributed by atoms with E-state index in [-0.39, 0.29) is 41.2 Å². The molecular weight excluding hydrogens is 352 g/mol. The van der Waals surface area contributed by atoms with Gasteiger partial charge in [0.2, 0.25) is 11.8 Å². The molecule has 6 nitrogen and oxygen atoms in total. The predicted octanol–water partition coefficient (Wildman–Crippen LogP) is 1.28. The fraction of sp³-hybridized carbons (Fsp3) is 0.579. The zero-order valence-electron chi connectivity index (χ0n) is 15.3. The molecule has 1 aromatic carbocycles. The topological polar surface area (TPSA) is 83.6 Å². The van der Waals surface area contributed by atoms with Crippen LogP contribution >= 0.6 is 0 Å². The summed E-state index contributed by atoms with van der Waals surface area (Å²) in [6.07, 6.45) is 1.05. The van der Waals surface area contributed by atoms with Crippen molar-refractivity contribution in [2.45, 2.75) is 39.3 Å². The van der Waals surface area contributed by atoms with E-state index in [0.717, 1.165) is 11.1 Å². The molecule has 1 heterocycles. The minimum atomic E-state index is -3.04. The van der Waals surface area contributed by atoms with Crippen LogP contribution in [-0.2, 0) is 26.0 Å². The lowest BCUT2D eigenvalue weighted by Gasteiger charge is -2.27. The molecule has 3 atom stereocenters. The molecular formula is C19H26N2O4S. The number of sulfone groups is 1. The van der Waals surface area contributed by atoms with Crippen LogP contribution in [0.5, 0.6) is 0 Å². The molecule has 2 amide bonds. The van der Waals surface area contributed by atoms with Crippen LogP contribution < -0.4 is 5.32 Å². The molecule has 1 saturated carbocycles. The SMILES string of the molecule is CCN(C(=O)C1CC1C(=O)NCc1cccc(C)c1)C1CCS(=O)(=O)C1. The van der Waals surface area contributed by atoms with Gasteiger partial charge >= 0.3 is 0 Å². The van der Waals surface area contributed by atoms with Crippen molar-refractivity contribution in [3.05, 3.63) is 35.4 Å². The van der Waals surface area contributed by atoms with E-state index in [1.54, 1.807) is 4.90 Å². The number of nitrogens with one attached hydrogen (secondary N) is 1. The molecule has 1 saturated heterocycles. The van der Waals surface area contributed by atoms with Crippen LogP contribution in [0.2, 0.25) is 0 Å². The van der Waals surface area contributed by atoms with Gasteiger partial charge in [-0.1, -0.05) is 29.8 Å². The Balaban J connectivity index is 1.53. The zero-order chi connectivity index (χ0) is 18.9. The van der Waals surface area contributed by atoms with Crippen molar-refractivity contribution in [2.75, 3.05) is 18.1 Å². The first-order valence-corrected chi connectivity index (χ1v) is 11.0. The molecule has 1 N–H and O–H groups in total. The van der Waals surface area contributed by atoms with E-state index in [4.69, 9.17) is 0 Å². The molecule has 3 unspecified atom stereocenters. The quantitative estimate of drug-likeness (QED) is 0.808. The van der Waals surface area contributed by atoms with Gasteiger partial charge in [0.15, 0.2) is 9.84 Å². The first-order chi connectivity index (χ1) is 12.3.